The maximum absolute atomic E-state index is 11.8. The van der Waals surface area contributed by atoms with Gasteiger partial charge in [-0.3, -0.25) is 4.79 Å². The van der Waals surface area contributed by atoms with Crippen LogP contribution in [0.25, 0.3) is 0 Å². The first-order chi connectivity index (χ1) is 9.26. The summed E-state index contributed by atoms with van der Waals surface area (Å²) in [7, 11) is 0. The molecule has 0 amide bonds. The van der Waals surface area contributed by atoms with Crippen LogP contribution in [0.4, 0.5) is 0 Å². The van der Waals surface area contributed by atoms with Crippen LogP contribution in [0.5, 0.6) is 0 Å². The fourth-order valence-electron chi connectivity index (χ4n) is 2.14. The maximum atomic E-state index is 11.8. The second kappa shape index (κ2) is 13.4. The molecule has 1 unspecified atom stereocenters. The molecule has 0 aromatic heterocycles. The quantitative estimate of drug-likeness (QED) is 0.265. The van der Waals surface area contributed by atoms with Crippen molar-refractivity contribution in [2.75, 3.05) is 6.61 Å². The van der Waals surface area contributed by atoms with Crippen molar-refractivity contribution in [2.24, 2.45) is 5.92 Å². The highest BCUT2D eigenvalue weighted by Crippen LogP contribution is 2.17. The Hall–Kier alpha value is -1.05. The molecule has 0 aliphatic carbocycles. The molecule has 0 N–H and O–H groups in total. The number of unbranched alkanes of at least 4 members (excludes halogenated alkanes) is 6. The lowest BCUT2D eigenvalue weighted by Crippen LogP contribution is -2.17. The van der Waals surface area contributed by atoms with Gasteiger partial charge < -0.3 is 4.74 Å². The van der Waals surface area contributed by atoms with Crippen molar-refractivity contribution in [3.8, 4) is 0 Å². The highest BCUT2D eigenvalue weighted by Gasteiger charge is 2.17. The van der Waals surface area contributed by atoms with Crippen LogP contribution >= 0.6 is 0 Å². The number of hydrogen-bond acceptors (Lipinski definition) is 2. The van der Waals surface area contributed by atoms with Gasteiger partial charge in [0.25, 0.3) is 0 Å². The van der Waals surface area contributed by atoms with E-state index < -0.39 is 0 Å². The summed E-state index contributed by atoms with van der Waals surface area (Å²) in [5, 5.41) is 0. The molecular weight excluding hydrogens is 236 g/mol. The molecule has 0 heterocycles. The molecule has 0 saturated heterocycles. The number of ether oxygens (including phenoxy) is 1. The molecule has 1 atom stereocenters. The Morgan fingerprint density at radius 1 is 1.05 bits per heavy atom. The summed E-state index contributed by atoms with van der Waals surface area (Å²) in [6, 6.07) is 0. The Morgan fingerprint density at radius 2 is 1.68 bits per heavy atom. The molecule has 110 valence electrons. The predicted molar refractivity (Wildman–Crippen MR) is 82.1 cm³/mol. The minimum Gasteiger partial charge on any atom is -0.461 e. The molecule has 0 fully saturated rings. The van der Waals surface area contributed by atoms with Gasteiger partial charge in [0.05, 0.1) is 5.92 Å². The number of rotatable bonds is 13. The van der Waals surface area contributed by atoms with Gasteiger partial charge in [-0.25, -0.2) is 0 Å². The van der Waals surface area contributed by atoms with Gasteiger partial charge in [0.15, 0.2) is 0 Å². The Labute approximate surface area is 118 Å². The molecular formula is C17H30O2. The number of carbonyl (C=O) groups excluding carboxylic acids is 1. The molecule has 0 bridgehead atoms. The van der Waals surface area contributed by atoms with Gasteiger partial charge in [-0.1, -0.05) is 70.6 Å². The first-order valence-electron chi connectivity index (χ1n) is 7.64. The second-order valence-electron chi connectivity index (χ2n) is 5.05. The first-order valence-corrected chi connectivity index (χ1v) is 7.64. The Kier molecular flexibility index (Phi) is 12.6. The summed E-state index contributed by atoms with van der Waals surface area (Å²) < 4.78 is 5.11. The van der Waals surface area contributed by atoms with Crippen molar-refractivity contribution >= 4 is 5.97 Å². The van der Waals surface area contributed by atoms with Crippen molar-refractivity contribution in [3.05, 3.63) is 25.3 Å². The van der Waals surface area contributed by atoms with Crippen molar-refractivity contribution in [1.29, 1.82) is 0 Å². The van der Waals surface area contributed by atoms with Crippen LogP contribution in [-0.2, 0) is 9.53 Å². The fraction of sp³-hybridized carbons (Fsp3) is 0.706. The van der Waals surface area contributed by atoms with E-state index in [1.54, 1.807) is 12.2 Å². The van der Waals surface area contributed by atoms with Crippen LogP contribution < -0.4 is 0 Å². The molecule has 0 aromatic rings. The van der Waals surface area contributed by atoms with Crippen LogP contribution in [0.1, 0.15) is 64.7 Å². The van der Waals surface area contributed by atoms with Crippen molar-refractivity contribution in [3.63, 3.8) is 0 Å². The lowest BCUT2D eigenvalue weighted by Gasteiger charge is -2.13. The van der Waals surface area contributed by atoms with E-state index in [1.807, 2.05) is 0 Å². The molecule has 0 aliphatic heterocycles. The van der Waals surface area contributed by atoms with Gasteiger partial charge in [-0.15, -0.1) is 6.58 Å². The summed E-state index contributed by atoms with van der Waals surface area (Å²) in [4.78, 5) is 11.8. The normalized spacial score (nSPS) is 11.8. The number of hydrogen-bond donors (Lipinski definition) is 0. The van der Waals surface area contributed by atoms with Crippen LogP contribution in [-0.4, -0.2) is 12.6 Å². The molecule has 0 radical (unpaired) electrons. The summed E-state index contributed by atoms with van der Waals surface area (Å²) >= 11 is 0. The second-order valence-corrected chi connectivity index (χ2v) is 5.05. The standard InChI is InChI=1S/C17H30O2/c1-4-7-8-9-10-11-12-14-16(13-5-2)17(18)19-15-6-3/h5-6,16H,2-4,7-15H2,1H3. The number of allylic oxidation sites excluding steroid dienone is 1. The summed E-state index contributed by atoms with van der Waals surface area (Å²) in [5.41, 5.74) is 0. The third-order valence-electron chi connectivity index (χ3n) is 3.28. The Bertz CT molecular complexity index is 246. The van der Waals surface area contributed by atoms with E-state index in [4.69, 9.17) is 4.74 Å². The molecule has 2 nitrogen and oxygen atoms in total. The van der Waals surface area contributed by atoms with Crippen LogP contribution in [0.2, 0.25) is 0 Å². The lowest BCUT2D eigenvalue weighted by atomic mass is 9.97. The fourth-order valence-corrected chi connectivity index (χ4v) is 2.14. The predicted octanol–water partition coefficient (Wildman–Crippen LogP) is 5.05. The zero-order chi connectivity index (χ0) is 14.3. The van der Waals surface area contributed by atoms with Gasteiger partial charge in [0.1, 0.15) is 6.61 Å². The van der Waals surface area contributed by atoms with Gasteiger partial charge in [-0.2, -0.15) is 0 Å². The highest BCUT2D eigenvalue weighted by molar-refractivity contribution is 5.72. The first kappa shape index (κ1) is 17.9. The molecule has 0 aromatic carbocycles. The smallest absolute Gasteiger partial charge is 0.309 e. The zero-order valence-electron chi connectivity index (χ0n) is 12.5. The van der Waals surface area contributed by atoms with Gasteiger partial charge in [0.2, 0.25) is 0 Å². The minimum absolute atomic E-state index is 0.0203. The van der Waals surface area contributed by atoms with E-state index in [9.17, 15) is 4.79 Å². The summed E-state index contributed by atoms with van der Waals surface area (Å²) in [6.07, 6.45) is 13.9. The Balaban J connectivity index is 3.72. The average Bonchev–Trinajstić information content (AvgIpc) is 2.42. The van der Waals surface area contributed by atoms with E-state index in [0.29, 0.717) is 13.0 Å². The van der Waals surface area contributed by atoms with Gasteiger partial charge in [-0.05, 0) is 12.8 Å². The lowest BCUT2D eigenvalue weighted by molar-refractivity contribution is -0.147. The summed E-state index contributed by atoms with van der Waals surface area (Å²) in [6.45, 7) is 9.80. The van der Waals surface area contributed by atoms with E-state index in [-0.39, 0.29) is 11.9 Å². The molecule has 0 saturated carbocycles. The van der Waals surface area contributed by atoms with Crippen molar-refractivity contribution in [2.45, 2.75) is 64.7 Å². The largest absolute Gasteiger partial charge is 0.461 e. The van der Waals surface area contributed by atoms with Crippen LogP contribution in [0, 0.1) is 5.92 Å². The molecule has 0 rings (SSSR count). The van der Waals surface area contributed by atoms with E-state index in [1.165, 1.54) is 38.5 Å². The monoisotopic (exact) mass is 266 g/mol. The highest BCUT2D eigenvalue weighted by atomic mass is 16.5. The van der Waals surface area contributed by atoms with Crippen molar-refractivity contribution < 1.29 is 9.53 Å². The van der Waals surface area contributed by atoms with E-state index >= 15 is 0 Å². The molecule has 2 heteroatoms. The third kappa shape index (κ3) is 10.5. The minimum atomic E-state index is -0.106. The average molecular weight is 266 g/mol. The number of esters is 1. The van der Waals surface area contributed by atoms with Crippen LogP contribution in [0.3, 0.4) is 0 Å². The third-order valence-corrected chi connectivity index (χ3v) is 3.28. The Morgan fingerprint density at radius 3 is 2.26 bits per heavy atom. The maximum Gasteiger partial charge on any atom is 0.309 e. The number of carbonyl (C=O) groups is 1. The topological polar surface area (TPSA) is 26.3 Å². The van der Waals surface area contributed by atoms with Crippen LogP contribution in [0.15, 0.2) is 25.3 Å². The summed E-state index contributed by atoms with van der Waals surface area (Å²) in [5.74, 6) is -0.126. The van der Waals surface area contributed by atoms with E-state index in [2.05, 4.69) is 20.1 Å². The zero-order valence-corrected chi connectivity index (χ0v) is 12.5. The molecule has 19 heavy (non-hydrogen) atoms. The van der Waals surface area contributed by atoms with E-state index in [0.717, 1.165) is 12.8 Å². The van der Waals surface area contributed by atoms with Gasteiger partial charge >= 0.3 is 5.97 Å². The van der Waals surface area contributed by atoms with Crippen molar-refractivity contribution in [1.82, 2.24) is 0 Å². The molecule has 0 aliphatic rings. The molecule has 0 spiro atoms. The SMILES string of the molecule is C=CCOC(=O)C(CC=C)CCCCCCCCC. The van der Waals surface area contributed by atoms with Gasteiger partial charge in [0, 0.05) is 0 Å².